The van der Waals surface area contributed by atoms with Gasteiger partial charge in [-0.3, -0.25) is 0 Å². The fourth-order valence-corrected chi connectivity index (χ4v) is 7.56. The predicted octanol–water partition coefficient (Wildman–Crippen LogP) is 8.79. The number of fused-ring (bicyclic) bond motifs is 4. The lowest BCUT2D eigenvalue weighted by Gasteiger charge is -2.27. The third-order valence-electron chi connectivity index (χ3n) is 8.66. The first kappa shape index (κ1) is 29.9. The lowest BCUT2D eigenvalue weighted by atomic mass is 9.82. The van der Waals surface area contributed by atoms with Crippen molar-refractivity contribution in [3.8, 4) is 17.1 Å². The summed E-state index contributed by atoms with van der Waals surface area (Å²) < 4.78 is 23.2. The van der Waals surface area contributed by atoms with E-state index in [0.717, 1.165) is 48.3 Å². The summed E-state index contributed by atoms with van der Waals surface area (Å²) in [6.45, 7) is 11.8. The molecule has 2 aliphatic rings. The van der Waals surface area contributed by atoms with Gasteiger partial charge in [0.1, 0.15) is 11.4 Å². The number of nitrogens with zero attached hydrogens (tertiary/aromatic N) is 2. The molecule has 5 rings (SSSR count). The minimum Gasteiger partial charge on any atom is -0.588 e. The fraction of sp³-hybridized carbons (Fsp3) is 0.543. The van der Waals surface area contributed by atoms with E-state index in [4.69, 9.17) is 14.7 Å². The van der Waals surface area contributed by atoms with Gasteiger partial charge in [-0.05, 0) is 92.0 Å². The number of aryl methyl sites for hydroxylation is 2. The largest absolute Gasteiger partial charge is 0.588 e. The second-order valence-electron chi connectivity index (χ2n) is 13.5. The van der Waals surface area contributed by atoms with Crippen LogP contribution in [0.25, 0.3) is 11.3 Å². The molecule has 1 aliphatic heterocycles. The van der Waals surface area contributed by atoms with E-state index in [9.17, 15) is 4.55 Å². The molecule has 2 atom stereocenters. The Bertz CT molecular complexity index is 1330. The van der Waals surface area contributed by atoms with Crippen LogP contribution >= 0.6 is 0 Å². The van der Waals surface area contributed by atoms with Gasteiger partial charge in [-0.25, -0.2) is 4.98 Å². The summed E-state index contributed by atoms with van der Waals surface area (Å²) in [6.07, 6.45) is 11.9. The molecule has 1 saturated carbocycles. The average molecular weight is 574 g/mol. The van der Waals surface area contributed by atoms with Crippen molar-refractivity contribution in [2.45, 2.75) is 104 Å². The lowest BCUT2D eigenvalue weighted by molar-refractivity contribution is 0.179. The highest BCUT2D eigenvalue weighted by Gasteiger charge is 2.25. The van der Waals surface area contributed by atoms with Crippen molar-refractivity contribution in [3.63, 3.8) is 0 Å². The Morgan fingerprint density at radius 3 is 2.49 bits per heavy atom. The highest BCUT2D eigenvalue weighted by atomic mass is 32.2. The molecule has 1 aliphatic carbocycles. The number of benzene rings is 2. The summed E-state index contributed by atoms with van der Waals surface area (Å²) >= 11 is -1.48. The molecule has 4 bridgehead atoms. The van der Waals surface area contributed by atoms with Crippen LogP contribution in [-0.2, 0) is 24.2 Å². The Kier molecular flexibility index (Phi) is 9.60. The van der Waals surface area contributed by atoms with Gasteiger partial charge in [0.2, 0.25) is 5.88 Å². The summed E-state index contributed by atoms with van der Waals surface area (Å²) in [6, 6.07) is 14.7. The highest BCUT2D eigenvalue weighted by Crippen LogP contribution is 2.37. The molecule has 6 heteroatoms. The minimum absolute atomic E-state index is 0.212. The SMILES string of the molecule is Cc1cccc(CC2CCCCC2)c1-c1nc2nc(c1C)OC[C@@H](CC(C)(C)C)CCCc1cccc(c1)[S+]([O-])N2. The van der Waals surface area contributed by atoms with E-state index in [1.54, 1.807) is 0 Å². The zero-order valence-electron chi connectivity index (χ0n) is 25.6. The second kappa shape index (κ2) is 13.2. The molecular formula is C35H47N3O2S. The summed E-state index contributed by atoms with van der Waals surface area (Å²) in [4.78, 5) is 10.6. The van der Waals surface area contributed by atoms with Gasteiger partial charge in [-0.1, -0.05) is 83.2 Å². The average Bonchev–Trinajstić information content (AvgIpc) is 2.93. The van der Waals surface area contributed by atoms with Crippen molar-refractivity contribution in [2.24, 2.45) is 17.3 Å². The van der Waals surface area contributed by atoms with Crippen molar-refractivity contribution in [1.29, 1.82) is 0 Å². The topological polar surface area (TPSA) is 70.1 Å². The molecule has 1 unspecified atom stereocenters. The van der Waals surface area contributed by atoms with Gasteiger partial charge in [0.15, 0.2) is 4.90 Å². The number of ether oxygens (including phenoxy) is 1. The maximum Gasteiger partial charge on any atom is 0.269 e. The Morgan fingerprint density at radius 1 is 0.951 bits per heavy atom. The number of hydrogen-bond donors (Lipinski definition) is 1. The molecule has 1 fully saturated rings. The van der Waals surface area contributed by atoms with Crippen molar-refractivity contribution in [1.82, 2.24) is 9.97 Å². The molecule has 220 valence electrons. The highest BCUT2D eigenvalue weighted by molar-refractivity contribution is 7.92. The van der Waals surface area contributed by atoms with Gasteiger partial charge < -0.3 is 9.29 Å². The van der Waals surface area contributed by atoms with Crippen LogP contribution in [0.5, 0.6) is 5.88 Å². The van der Waals surface area contributed by atoms with E-state index >= 15 is 0 Å². The standard InChI is InChI=1S/C35H47N3O2S/c1-24-12-9-18-29(20-26-13-7-6-8-14-26)31(24)32-25(2)33-37-34(36-32)38-41(39)30-19-11-16-27(21-30)15-10-17-28(23-40-33)22-35(3,4)5/h9,11-12,16,18-19,21,26,28H,6-8,10,13-15,17,20,22-23H2,1-5H3,(H,36,37,38)/t28-,41?/m1/s1. The maximum absolute atomic E-state index is 13.5. The van der Waals surface area contributed by atoms with Crippen LogP contribution < -0.4 is 9.46 Å². The third kappa shape index (κ3) is 7.84. The molecule has 3 aromatic rings. The second-order valence-corrected chi connectivity index (χ2v) is 14.7. The normalized spacial score (nSPS) is 20.5. The molecule has 1 N–H and O–H groups in total. The van der Waals surface area contributed by atoms with E-state index in [1.165, 1.54) is 54.4 Å². The van der Waals surface area contributed by atoms with Crippen LogP contribution in [0.15, 0.2) is 47.4 Å². The van der Waals surface area contributed by atoms with E-state index in [1.807, 2.05) is 12.1 Å². The van der Waals surface area contributed by atoms with Gasteiger partial charge in [0.25, 0.3) is 5.95 Å². The Labute approximate surface area is 250 Å². The van der Waals surface area contributed by atoms with Crippen molar-refractivity contribution in [2.75, 3.05) is 11.3 Å². The van der Waals surface area contributed by atoms with E-state index in [0.29, 0.717) is 30.3 Å². The summed E-state index contributed by atoms with van der Waals surface area (Å²) in [5, 5.41) is 0. The molecule has 1 aromatic heterocycles. The molecular weight excluding hydrogens is 526 g/mol. The first-order chi connectivity index (χ1) is 19.7. The van der Waals surface area contributed by atoms with Crippen LogP contribution in [0, 0.1) is 31.1 Å². The fourth-order valence-electron chi connectivity index (χ4n) is 6.73. The Balaban J connectivity index is 1.57. The molecule has 5 nitrogen and oxygen atoms in total. The first-order valence-corrected chi connectivity index (χ1v) is 16.7. The zero-order chi connectivity index (χ0) is 29.0. The number of anilines is 1. The van der Waals surface area contributed by atoms with Gasteiger partial charge in [-0.15, -0.1) is 0 Å². The lowest BCUT2D eigenvalue weighted by Crippen LogP contribution is -2.21. The summed E-state index contributed by atoms with van der Waals surface area (Å²) in [7, 11) is 0. The number of nitrogens with one attached hydrogen (secondary N) is 1. The molecule has 0 saturated heterocycles. The zero-order valence-corrected chi connectivity index (χ0v) is 26.4. The van der Waals surface area contributed by atoms with E-state index in [-0.39, 0.29) is 5.41 Å². The maximum atomic E-state index is 13.5. The van der Waals surface area contributed by atoms with Gasteiger partial charge >= 0.3 is 0 Å². The minimum atomic E-state index is -1.48. The molecule has 2 heterocycles. The molecule has 0 amide bonds. The Morgan fingerprint density at radius 2 is 1.71 bits per heavy atom. The molecule has 0 radical (unpaired) electrons. The van der Waals surface area contributed by atoms with Crippen LogP contribution in [-0.4, -0.2) is 21.1 Å². The van der Waals surface area contributed by atoms with Crippen LogP contribution in [0.1, 0.15) is 94.4 Å². The number of aromatic nitrogens is 2. The monoisotopic (exact) mass is 573 g/mol. The van der Waals surface area contributed by atoms with E-state index in [2.05, 4.69) is 69.7 Å². The molecule has 0 spiro atoms. The van der Waals surface area contributed by atoms with Crippen molar-refractivity contribution < 1.29 is 9.29 Å². The summed E-state index contributed by atoms with van der Waals surface area (Å²) in [5.74, 6) is 2.07. The van der Waals surface area contributed by atoms with Crippen molar-refractivity contribution in [3.05, 3.63) is 64.7 Å². The van der Waals surface area contributed by atoms with Gasteiger partial charge in [0.05, 0.1) is 12.3 Å². The molecule has 41 heavy (non-hydrogen) atoms. The smallest absolute Gasteiger partial charge is 0.269 e. The molecule has 2 aromatic carbocycles. The number of hydrogen-bond acceptors (Lipinski definition) is 5. The first-order valence-electron chi connectivity index (χ1n) is 15.5. The van der Waals surface area contributed by atoms with Crippen LogP contribution in [0.4, 0.5) is 5.95 Å². The van der Waals surface area contributed by atoms with Crippen molar-refractivity contribution >= 4 is 17.3 Å². The third-order valence-corrected chi connectivity index (χ3v) is 9.71. The van der Waals surface area contributed by atoms with Gasteiger partial charge in [0, 0.05) is 11.1 Å². The quantitative estimate of drug-likeness (QED) is 0.316. The van der Waals surface area contributed by atoms with E-state index < -0.39 is 11.4 Å². The number of rotatable bonds is 4. The Hall–Kier alpha value is -2.57. The van der Waals surface area contributed by atoms with Crippen LogP contribution in [0.2, 0.25) is 0 Å². The van der Waals surface area contributed by atoms with Crippen LogP contribution in [0.3, 0.4) is 0 Å². The van der Waals surface area contributed by atoms with Gasteiger partial charge in [-0.2, -0.15) is 9.71 Å². The summed E-state index contributed by atoms with van der Waals surface area (Å²) in [5.41, 5.74) is 6.96. The predicted molar refractivity (Wildman–Crippen MR) is 170 cm³/mol.